The van der Waals surface area contributed by atoms with Gasteiger partial charge in [-0.2, -0.15) is 0 Å². The second-order valence-corrected chi connectivity index (χ2v) is 6.41. The lowest BCUT2D eigenvalue weighted by atomic mass is 9.47. The van der Waals surface area contributed by atoms with Gasteiger partial charge in [0, 0.05) is 10.8 Å². The number of hydrogen-bond donors (Lipinski definition) is 5. The van der Waals surface area contributed by atoms with Crippen LogP contribution in [0.4, 0.5) is 0 Å². The summed E-state index contributed by atoms with van der Waals surface area (Å²) in [5.41, 5.74) is -2.69. The van der Waals surface area contributed by atoms with Crippen molar-refractivity contribution in [2.75, 3.05) is 26.4 Å². The first-order chi connectivity index (χ1) is 8.28. The van der Waals surface area contributed by atoms with Crippen LogP contribution in [0, 0.1) is 22.2 Å². The summed E-state index contributed by atoms with van der Waals surface area (Å²) in [5, 5.41) is 49.1. The molecule has 5 nitrogen and oxygen atoms in total. The minimum atomic E-state index is -1.16. The van der Waals surface area contributed by atoms with E-state index in [-0.39, 0.29) is 32.3 Å². The summed E-state index contributed by atoms with van der Waals surface area (Å²) in [7, 11) is 0. The summed E-state index contributed by atoms with van der Waals surface area (Å²) >= 11 is 0. The second kappa shape index (κ2) is 5.06. The van der Waals surface area contributed by atoms with Gasteiger partial charge in [0.1, 0.15) is 0 Å². The predicted molar refractivity (Wildman–Crippen MR) is 66.8 cm³/mol. The molecule has 2 atom stereocenters. The highest BCUT2D eigenvalue weighted by atomic mass is 16.3. The average molecular weight is 262 g/mol. The molecule has 1 rings (SSSR count). The number of aliphatic hydroxyl groups is 5. The third kappa shape index (κ3) is 1.80. The van der Waals surface area contributed by atoms with E-state index in [1.165, 1.54) is 0 Å². The molecule has 0 amide bonds. The summed E-state index contributed by atoms with van der Waals surface area (Å²) in [5.74, 6) is -0.108. The first kappa shape index (κ1) is 15.9. The largest absolute Gasteiger partial charge is 0.396 e. The van der Waals surface area contributed by atoms with E-state index in [0.717, 1.165) is 0 Å². The van der Waals surface area contributed by atoms with E-state index in [0.29, 0.717) is 6.42 Å². The Balaban J connectivity index is 3.33. The summed E-state index contributed by atoms with van der Waals surface area (Å²) < 4.78 is 0. The molecule has 0 aliphatic heterocycles. The zero-order valence-electron chi connectivity index (χ0n) is 11.4. The summed E-state index contributed by atoms with van der Waals surface area (Å²) in [6.07, 6.45) is -0.555. The Morgan fingerprint density at radius 1 is 0.944 bits per heavy atom. The maximum Gasteiger partial charge on any atom is 0.0748 e. The fraction of sp³-hybridized carbons (Fsp3) is 1.00. The molecule has 0 saturated heterocycles. The van der Waals surface area contributed by atoms with Crippen LogP contribution in [-0.2, 0) is 0 Å². The highest BCUT2D eigenvalue weighted by molar-refractivity contribution is 5.11. The van der Waals surface area contributed by atoms with E-state index in [1.807, 2.05) is 20.8 Å². The van der Waals surface area contributed by atoms with Gasteiger partial charge in [0.25, 0.3) is 0 Å². The number of rotatable bonds is 4. The molecule has 1 aliphatic carbocycles. The first-order valence-electron chi connectivity index (χ1n) is 6.39. The molecule has 2 unspecified atom stereocenters. The first-order valence-corrected chi connectivity index (χ1v) is 6.39. The van der Waals surface area contributed by atoms with Crippen molar-refractivity contribution in [3.8, 4) is 0 Å². The van der Waals surface area contributed by atoms with Crippen LogP contribution in [0.15, 0.2) is 0 Å². The minimum absolute atomic E-state index is 0.108. The summed E-state index contributed by atoms with van der Waals surface area (Å²) in [6, 6.07) is 0. The van der Waals surface area contributed by atoms with Gasteiger partial charge in [0.2, 0.25) is 0 Å². The second-order valence-electron chi connectivity index (χ2n) is 6.41. The van der Waals surface area contributed by atoms with Crippen LogP contribution < -0.4 is 0 Å². The molecule has 0 heterocycles. The van der Waals surface area contributed by atoms with Crippen molar-refractivity contribution in [3.05, 3.63) is 0 Å². The third-order valence-corrected chi connectivity index (χ3v) is 5.37. The average Bonchev–Trinajstić information content (AvgIpc) is 2.31. The topological polar surface area (TPSA) is 101 Å². The molecule has 0 spiro atoms. The highest BCUT2D eigenvalue weighted by Gasteiger charge is 2.63. The summed E-state index contributed by atoms with van der Waals surface area (Å²) in [6.45, 7) is 4.14. The molecule has 0 aromatic rings. The normalized spacial score (nSPS) is 33.3. The van der Waals surface area contributed by atoms with Crippen molar-refractivity contribution in [3.63, 3.8) is 0 Å². The van der Waals surface area contributed by atoms with Gasteiger partial charge in [0.15, 0.2) is 0 Å². The molecule has 0 aromatic heterocycles. The molecular weight excluding hydrogens is 236 g/mol. The zero-order chi connectivity index (χ0) is 14.2. The fourth-order valence-electron chi connectivity index (χ4n) is 3.55. The Morgan fingerprint density at radius 2 is 1.39 bits per heavy atom. The number of hydrogen-bond acceptors (Lipinski definition) is 5. The van der Waals surface area contributed by atoms with Gasteiger partial charge in [-0.1, -0.05) is 20.8 Å². The Morgan fingerprint density at radius 3 is 1.72 bits per heavy atom. The standard InChI is InChI=1S/C13H26O5/c1-9-4-11(2,3)13(7-16,8-17)10(18)12(9,5-14)6-15/h9-10,14-18H,4-8H2,1-3H3. The van der Waals surface area contributed by atoms with Crippen LogP contribution in [0.1, 0.15) is 27.2 Å². The van der Waals surface area contributed by atoms with Gasteiger partial charge in [0.05, 0.1) is 32.5 Å². The van der Waals surface area contributed by atoms with E-state index in [9.17, 15) is 25.5 Å². The summed E-state index contributed by atoms with van der Waals surface area (Å²) in [4.78, 5) is 0. The van der Waals surface area contributed by atoms with E-state index >= 15 is 0 Å². The Hall–Kier alpha value is -0.200. The minimum Gasteiger partial charge on any atom is -0.396 e. The van der Waals surface area contributed by atoms with E-state index in [4.69, 9.17) is 0 Å². The third-order valence-electron chi connectivity index (χ3n) is 5.37. The van der Waals surface area contributed by atoms with Crippen molar-refractivity contribution in [1.82, 2.24) is 0 Å². The van der Waals surface area contributed by atoms with Crippen molar-refractivity contribution in [1.29, 1.82) is 0 Å². The molecule has 1 fully saturated rings. The molecule has 1 aliphatic rings. The van der Waals surface area contributed by atoms with Crippen LogP contribution in [0.2, 0.25) is 0 Å². The van der Waals surface area contributed by atoms with Crippen LogP contribution in [0.3, 0.4) is 0 Å². The SMILES string of the molecule is CC1CC(C)(C)C(CO)(CO)C(O)C1(CO)CO. The molecule has 5 heteroatoms. The molecule has 5 N–H and O–H groups in total. The van der Waals surface area contributed by atoms with Crippen molar-refractivity contribution in [2.24, 2.45) is 22.2 Å². The van der Waals surface area contributed by atoms with E-state index in [2.05, 4.69) is 0 Å². The van der Waals surface area contributed by atoms with Crippen molar-refractivity contribution >= 4 is 0 Å². The predicted octanol–water partition coefficient (Wildman–Crippen LogP) is -0.645. The van der Waals surface area contributed by atoms with Crippen LogP contribution in [0.5, 0.6) is 0 Å². The highest BCUT2D eigenvalue weighted by Crippen LogP contribution is 2.58. The van der Waals surface area contributed by atoms with Crippen LogP contribution in [-0.4, -0.2) is 58.1 Å². The molecule has 0 aromatic carbocycles. The smallest absolute Gasteiger partial charge is 0.0748 e. The lowest BCUT2D eigenvalue weighted by molar-refractivity contribution is -0.242. The van der Waals surface area contributed by atoms with Gasteiger partial charge in [-0.15, -0.1) is 0 Å². The fourth-order valence-corrected chi connectivity index (χ4v) is 3.55. The van der Waals surface area contributed by atoms with Crippen molar-refractivity contribution in [2.45, 2.75) is 33.3 Å². The Labute approximate surface area is 108 Å². The zero-order valence-corrected chi connectivity index (χ0v) is 11.4. The maximum absolute atomic E-state index is 10.6. The Bertz CT molecular complexity index is 281. The van der Waals surface area contributed by atoms with Gasteiger partial charge in [-0.05, 0) is 17.8 Å². The molecule has 1 saturated carbocycles. The molecule has 0 bridgehead atoms. The van der Waals surface area contributed by atoms with Crippen LogP contribution >= 0.6 is 0 Å². The van der Waals surface area contributed by atoms with E-state index < -0.39 is 22.3 Å². The molecule has 108 valence electrons. The van der Waals surface area contributed by atoms with Crippen molar-refractivity contribution < 1.29 is 25.5 Å². The lowest BCUT2D eigenvalue weighted by Crippen LogP contribution is -2.67. The van der Waals surface area contributed by atoms with Gasteiger partial charge < -0.3 is 25.5 Å². The van der Waals surface area contributed by atoms with Gasteiger partial charge >= 0.3 is 0 Å². The quantitative estimate of drug-likeness (QED) is 0.464. The van der Waals surface area contributed by atoms with Crippen LogP contribution in [0.25, 0.3) is 0 Å². The molecule has 0 radical (unpaired) electrons. The Kier molecular flexibility index (Phi) is 4.45. The van der Waals surface area contributed by atoms with Gasteiger partial charge in [-0.25, -0.2) is 0 Å². The molecule has 18 heavy (non-hydrogen) atoms. The maximum atomic E-state index is 10.6. The monoisotopic (exact) mass is 262 g/mol. The lowest BCUT2D eigenvalue weighted by Gasteiger charge is -2.60. The molecular formula is C13H26O5. The van der Waals surface area contributed by atoms with E-state index in [1.54, 1.807) is 0 Å². The number of aliphatic hydroxyl groups excluding tert-OH is 5. The van der Waals surface area contributed by atoms with Gasteiger partial charge in [-0.3, -0.25) is 0 Å².